The van der Waals surface area contributed by atoms with Crippen LogP contribution in [0.1, 0.15) is 251 Å². The van der Waals surface area contributed by atoms with Crippen molar-refractivity contribution in [2.24, 2.45) is 0 Å². The number of quaternary nitrogens is 1. The van der Waals surface area contributed by atoms with Crippen LogP contribution in [0.2, 0.25) is 0 Å². The molecule has 0 aliphatic rings. The molecule has 0 saturated carbocycles. The first kappa shape index (κ1) is 63.2. The number of hydrogen-bond donors (Lipinski definition) is 1. The highest BCUT2D eigenvalue weighted by Gasteiger charge is 2.27. The number of phosphoric acid groups is 1. The van der Waals surface area contributed by atoms with E-state index in [-0.39, 0.29) is 32.0 Å². The van der Waals surface area contributed by atoms with Gasteiger partial charge in [0.2, 0.25) is 0 Å². The normalized spacial score (nSPS) is 13.6. The molecular weight excluding hydrogens is 834 g/mol. The van der Waals surface area contributed by atoms with E-state index >= 15 is 0 Å². The molecule has 0 rings (SSSR count). The Labute approximate surface area is 401 Å². The molecule has 65 heavy (non-hydrogen) atoms. The molecular formula is C55H105NO8P+. The fourth-order valence-corrected chi connectivity index (χ4v) is 8.41. The van der Waals surface area contributed by atoms with Crippen LogP contribution in [0, 0.1) is 0 Å². The number of nitrogens with zero attached hydrogens (tertiary/aromatic N) is 1. The molecule has 0 aliphatic heterocycles. The lowest BCUT2D eigenvalue weighted by Gasteiger charge is -2.24. The molecule has 2 unspecified atom stereocenters. The average Bonchev–Trinajstić information content (AvgIpc) is 3.26. The van der Waals surface area contributed by atoms with E-state index in [4.69, 9.17) is 18.5 Å². The van der Waals surface area contributed by atoms with Crippen LogP contribution in [0.15, 0.2) is 36.5 Å². The zero-order chi connectivity index (χ0) is 47.8. The third-order valence-corrected chi connectivity index (χ3v) is 12.9. The van der Waals surface area contributed by atoms with Crippen molar-refractivity contribution in [1.29, 1.82) is 0 Å². The molecule has 2 atom stereocenters. The monoisotopic (exact) mass is 939 g/mol. The number of likely N-dealkylation sites (N-methyl/N-ethyl adjacent to an activating group) is 1. The van der Waals surface area contributed by atoms with Gasteiger partial charge in [-0.1, -0.05) is 224 Å². The van der Waals surface area contributed by atoms with Crippen molar-refractivity contribution in [2.45, 2.75) is 258 Å². The van der Waals surface area contributed by atoms with Crippen molar-refractivity contribution < 1.29 is 42.1 Å². The van der Waals surface area contributed by atoms with Crippen LogP contribution in [0.3, 0.4) is 0 Å². The Morgan fingerprint density at radius 3 is 1.26 bits per heavy atom. The summed E-state index contributed by atoms with van der Waals surface area (Å²) in [4.78, 5) is 35.6. The second kappa shape index (κ2) is 47.3. The van der Waals surface area contributed by atoms with E-state index in [0.717, 1.165) is 70.6 Å². The lowest BCUT2D eigenvalue weighted by Crippen LogP contribution is -2.37. The molecule has 1 N–H and O–H groups in total. The number of ether oxygens (including phenoxy) is 2. The van der Waals surface area contributed by atoms with Crippen molar-refractivity contribution in [2.75, 3.05) is 47.5 Å². The maximum Gasteiger partial charge on any atom is 0.472 e. The fourth-order valence-electron chi connectivity index (χ4n) is 7.67. The summed E-state index contributed by atoms with van der Waals surface area (Å²) in [6.45, 7) is 4.42. The summed E-state index contributed by atoms with van der Waals surface area (Å²) in [6, 6.07) is 0. The van der Waals surface area contributed by atoms with Crippen LogP contribution < -0.4 is 0 Å². The number of carbonyl (C=O) groups is 2. The lowest BCUT2D eigenvalue weighted by molar-refractivity contribution is -0.870. The van der Waals surface area contributed by atoms with E-state index in [9.17, 15) is 19.0 Å². The van der Waals surface area contributed by atoms with Gasteiger partial charge in [-0.2, -0.15) is 0 Å². The first-order valence-electron chi connectivity index (χ1n) is 27.2. The van der Waals surface area contributed by atoms with Gasteiger partial charge >= 0.3 is 19.8 Å². The van der Waals surface area contributed by atoms with Crippen LogP contribution in [-0.4, -0.2) is 74.9 Å². The predicted octanol–water partition coefficient (Wildman–Crippen LogP) is 16.4. The maximum atomic E-state index is 12.8. The molecule has 382 valence electrons. The van der Waals surface area contributed by atoms with E-state index in [2.05, 4.69) is 50.3 Å². The third kappa shape index (κ3) is 51.5. The van der Waals surface area contributed by atoms with Gasteiger partial charge in [0.25, 0.3) is 0 Å². The smallest absolute Gasteiger partial charge is 0.462 e. The van der Waals surface area contributed by atoms with E-state index in [1.54, 1.807) is 0 Å². The maximum absolute atomic E-state index is 12.8. The Morgan fingerprint density at radius 2 is 0.831 bits per heavy atom. The molecule has 0 heterocycles. The largest absolute Gasteiger partial charge is 0.472 e. The second-order valence-corrected chi connectivity index (χ2v) is 21.1. The molecule has 10 heteroatoms. The van der Waals surface area contributed by atoms with Crippen LogP contribution in [-0.2, 0) is 32.7 Å². The van der Waals surface area contributed by atoms with Crippen LogP contribution in [0.5, 0.6) is 0 Å². The molecule has 0 aromatic heterocycles. The SMILES string of the molecule is CCCCC/C=C\C/C=C\C/C=C\CCCCCCCCC(=O)OC(COC(=O)CCCCCCCCCCCCCCCCCCCCCCCC)COP(=O)(O)OCC[N+](C)(C)C. The Bertz CT molecular complexity index is 1200. The standard InChI is InChI=1S/C55H104NO8P/c1-6-8-10-12-14-16-18-20-22-24-26-27-28-30-31-33-35-37-39-41-43-45-47-54(57)61-51-53(52-63-65(59,60)62-50-49-56(3,4)5)64-55(58)48-46-44-42-40-38-36-34-32-29-25-23-21-19-17-15-13-11-9-7-2/h15,17,21,23,29,32,53H,6-14,16,18-20,22,24-28,30-31,33-52H2,1-5H3/p+1/b17-15-,23-21-,32-29-. The number of phosphoric ester groups is 1. The second-order valence-electron chi connectivity index (χ2n) is 19.6. The van der Waals surface area contributed by atoms with Gasteiger partial charge in [0.05, 0.1) is 27.7 Å². The molecule has 9 nitrogen and oxygen atoms in total. The van der Waals surface area contributed by atoms with E-state index in [0.29, 0.717) is 17.4 Å². The van der Waals surface area contributed by atoms with E-state index in [1.165, 1.54) is 148 Å². The van der Waals surface area contributed by atoms with Crippen LogP contribution >= 0.6 is 7.82 Å². The van der Waals surface area contributed by atoms with Gasteiger partial charge in [-0.05, 0) is 51.4 Å². The highest BCUT2D eigenvalue weighted by atomic mass is 31.2. The minimum atomic E-state index is -4.38. The lowest BCUT2D eigenvalue weighted by atomic mass is 10.0. The highest BCUT2D eigenvalue weighted by Crippen LogP contribution is 2.43. The zero-order valence-electron chi connectivity index (χ0n) is 43.2. The molecule has 0 fully saturated rings. The van der Waals surface area contributed by atoms with Crippen molar-refractivity contribution in [3.63, 3.8) is 0 Å². The number of hydrogen-bond acceptors (Lipinski definition) is 7. The highest BCUT2D eigenvalue weighted by molar-refractivity contribution is 7.47. The quantitative estimate of drug-likeness (QED) is 0.0211. The molecule has 0 amide bonds. The van der Waals surface area contributed by atoms with Crippen LogP contribution in [0.25, 0.3) is 0 Å². The van der Waals surface area contributed by atoms with Gasteiger partial charge in [0.1, 0.15) is 19.8 Å². The Morgan fingerprint density at radius 1 is 0.477 bits per heavy atom. The summed E-state index contributed by atoms with van der Waals surface area (Å²) in [5.74, 6) is -0.801. The molecule has 0 aromatic rings. The fraction of sp³-hybridized carbons (Fsp3) is 0.855. The molecule has 0 saturated heterocycles. The van der Waals surface area contributed by atoms with Crippen molar-refractivity contribution >= 4 is 19.8 Å². The van der Waals surface area contributed by atoms with Gasteiger partial charge in [-0.25, -0.2) is 4.57 Å². The number of carbonyl (C=O) groups excluding carboxylic acids is 2. The third-order valence-electron chi connectivity index (χ3n) is 11.9. The van der Waals surface area contributed by atoms with Gasteiger partial charge < -0.3 is 18.9 Å². The first-order valence-corrected chi connectivity index (χ1v) is 28.7. The topological polar surface area (TPSA) is 108 Å². The zero-order valence-corrected chi connectivity index (χ0v) is 44.1. The summed E-state index contributed by atoms with van der Waals surface area (Å²) in [5, 5.41) is 0. The number of rotatable bonds is 50. The summed E-state index contributed by atoms with van der Waals surface area (Å²) < 4.78 is 34.5. The summed E-state index contributed by atoms with van der Waals surface area (Å²) in [6.07, 6.45) is 56.3. The number of esters is 2. The molecule has 0 spiro atoms. The van der Waals surface area contributed by atoms with Crippen LogP contribution in [0.4, 0.5) is 0 Å². The molecule has 0 bridgehead atoms. The van der Waals surface area contributed by atoms with E-state index in [1.807, 2.05) is 21.1 Å². The van der Waals surface area contributed by atoms with Crippen molar-refractivity contribution in [3.8, 4) is 0 Å². The number of allylic oxidation sites excluding steroid dienone is 6. The van der Waals surface area contributed by atoms with Crippen molar-refractivity contribution in [1.82, 2.24) is 0 Å². The first-order chi connectivity index (χ1) is 31.5. The van der Waals surface area contributed by atoms with Crippen molar-refractivity contribution in [3.05, 3.63) is 36.5 Å². The van der Waals surface area contributed by atoms with Gasteiger partial charge in [-0.15, -0.1) is 0 Å². The Balaban J connectivity index is 4.20. The van der Waals surface area contributed by atoms with E-state index < -0.39 is 26.5 Å². The van der Waals surface area contributed by atoms with Gasteiger partial charge in [-0.3, -0.25) is 18.6 Å². The van der Waals surface area contributed by atoms with Gasteiger partial charge in [0, 0.05) is 12.8 Å². The minimum Gasteiger partial charge on any atom is -0.462 e. The number of unbranched alkanes of at least 4 members (excludes halogenated alkanes) is 30. The molecule has 0 radical (unpaired) electrons. The summed E-state index contributed by atoms with van der Waals surface area (Å²) in [5.41, 5.74) is 0. The average molecular weight is 939 g/mol. The van der Waals surface area contributed by atoms with Gasteiger partial charge in [0.15, 0.2) is 6.10 Å². The summed E-state index contributed by atoms with van der Waals surface area (Å²) >= 11 is 0. The Hall–Kier alpha value is -1.77. The predicted molar refractivity (Wildman–Crippen MR) is 275 cm³/mol. The summed E-state index contributed by atoms with van der Waals surface area (Å²) in [7, 11) is 1.47. The minimum absolute atomic E-state index is 0.0299. The Kier molecular flexibility index (Phi) is 46.0. The molecule has 0 aliphatic carbocycles. The molecule has 0 aromatic carbocycles.